The van der Waals surface area contributed by atoms with Crippen LogP contribution < -0.4 is 4.74 Å². The van der Waals surface area contributed by atoms with Crippen LogP contribution in [0, 0.1) is 6.92 Å². The van der Waals surface area contributed by atoms with Gasteiger partial charge in [-0.1, -0.05) is 18.2 Å². The van der Waals surface area contributed by atoms with Gasteiger partial charge in [0.2, 0.25) is 5.88 Å². The summed E-state index contributed by atoms with van der Waals surface area (Å²) in [6.07, 6.45) is 1.70. The van der Waals surface area contributed by atoms with Crippen LogP contribution >= 0.6 is 0 Å². The molecule has 0 aliphatic heterocycles. The molecule has 0 aliphatic carbocycles. The van der Waals surface area contributed by atoms with E-state index in [1.807, 2.05) is 24.3 Å². The lowest BCUT2D eigenvalue weighted by atomic mass is 10.2. The number of benzene rings is 1. The molecule has 104 valence electrons. The number of carboxylic acids is 1. The Morgan fingerprint density at radius 2 is 1.95 bits per heavy atom. The molecule has 3 aromatic rings. The van der Waals surface area contributed by atoms with Gasteiger partial charge in [0.15, 0.2) is 5.75 Å². The number of carboxylic acid groups (broad SMARTS) is 1. The van der Waals surface area contributed by atoms with Crippen LogP contribution in [-0.4, -0.2) is 21.0 Å². The van der Waals surface area contributed by atoms with Crippen LogP contribution in [0.2, 0.25) is 0 Å². The van der Waals surface area contributed by atoms with Crippen LogP contribution in [0.4, 0.5) is 0 Å². The minimum absolute atomic E-state index is 0.165. The van der Waals surface area contributed by atoms with Crippen molar-refractivity contribution in [3.63, 3.8) is 0 Å². The van der Waals surface area contributed by atoms with Crippen molar-refractivity contribution in [2.75, 3.05) is 0 Å². The minimum Gasteiger partial charge on any atom is -0.478 e. The topological polar surface area (TPSA) is 72.3 Å². The zero-order valence-corrected chi connectivity index (χ0v) is 11.3. The molecule has 5 heteroatoms. The van der Waals surface area contributed by atoms with E-state index in [9.17, 15) is 4.79 Å². The number of aromatic nitrogens is 2. The van der Waals surface area contributed by atoms with Crippen molar-refractivity contribution in [3.05, 3.63) is 59.9 Å². The Labute approximate surface area is 120 Å². The van der Waals surface area contributed by atoms with E-state index in [0.717, 1.165) is 10.9 Å². The molecule has 5 nitrogen and oxygen atoms in total. The van der Waals surface area contributed by atoms with E-state index >= 15 is 0 Å². The second kappa shape index (κ2) is 5.20. The van der Waals surface area contributed by atoms with Crippen molar-refractivity contribution in [1.82, 2.24) is 9.97 Å². The maximum absolute atomic E-state index is 11.0. The fourth-order valence-electron chi connectivity index (χ4n) is 2.09. The monoisotopic (exact) mass is 280 g/mol. The van der Waals surface area contributed by atoms with E-state index in [4.69, 9.17) is 9.84 Å². The number of rotatable bonds is 3. The zero-order valence-electron chi connectivity index (χ0n) is 11.3. The Hall–Kier alpha value is -2.95. The van der Waals surface area contributed by atoms with Gasteiger partial charge in [-0.15, -0.1) is 0 Å². The molecule has 0 fully saturated rings. The van der Waals surface area contributed by atoms with Crippen LogP contribution in [0.5, 0.6) is 11.6 Å². The molecule has 0 atom stereocenters. The Kier molecular flexibility index (Phi) is 3.23. The summed E-state index contributed by atoms with van der Waals surface area (Å²) in [4.78, 5) is 19.4. The molecule has 0 radical (unpaired) electrons. The number of nitrogens with zero attached hydrogens (tertiary/aromatic N) is 2. The van der Waals surface area contributed by atoms with Gasteiger partial charge in [0.1, 0.15) is 5.52 Å². The van der Waals surface area contributed by atoms with Gasteiger partial charge < -0.3 is 9.84 Å². The Morgan fingerprint density at radius 1 is 1.14 bits per heavy atom. The summed E-state index contributed by atoms with van der Waals surface area (Å²) in [7, 11) is 0. The van der Waals surface area contributed by atoms with Crippen molar-refractivity contribution in [2.24, 2.45) is 0 Å². The molecule has 21 heavy (non-hydrogen) atoms. The van der Waals surface area contributed by atoms with Crippen molar-refractivity contribution < 1.29 is 14.6 Å². The largest absolute Gasteiger partial charge is 0.478 e. The summed E-state index contributed by atoms with van der Waals surface area (Å²) in [6.45, 7) is 1.64. The zero-order chi connectivity index (χ0) is 14.8. The third-order valence-electron chi connectivity index (χ3n) is 3.10. The Bertz CT molecular complexity index is 825. The maximum Gasteiger partial charge on any atom is 0.337 e. The lowest BCUT2D eigenvalue weighted by Gasteiger charge is -2.08. The van der Waals surface area contributed by atoms with Crippen molar-refractivity contribution >= 4 is 16.9 Å². The number of hydrogen-bond donors (Lipinski definition) is 1. The van der Waals surface area contributed by atoms with Crippen LogP contribution in [0.25, 0.3) is 10.9 Å². The first-order valence-electron chi connectivity index (χ1n) is 6.38. The second-order valence-electron chi connectivity index (χ2n) is 4.52. The SMILES string of the molecule is Cc1nc(Oc2cccc3cccnc23)ccc1C(=O)O. The summed E-state index contributed by atoms with van der Waals surface area (Å²) in [5, 5.41) is 9.96. The number of aryl methyl sites for hydroxylation is 1. The minimum atomic E-state index is -1.00. The molecular formula is C16H12N2O3. The third-order valence-corrected chi connectivity index (χ3v) is 3.10. The standard InChI is InChI=1S/C16H12N2O3/c1-10-12(16(19)20)7-8-14(18-10)21-13-6-2-4-11-5-3-9-17-15(11)13/h2-9H,1H3,(H,19,20). The molecule has 0 saturated heterocycles. The normalized spacial score (nSPS) is 10.5. The van der Waals surface area contributed by atoms with Gasteiger partial charge in [0.25, 0.3) is 0 Å². The number of hydrogen-bond acceptors (Lipinski definition) is 4. The second-order valence-corrected chi connectivity index (χ2v) is 4.52. The Morgan fingerprint density at radius 3 is 2.71 bits per heavy atom. The molecule has 0 bridgehead atoms. The van der Waals surface area contributed by atoms with E-state index < -0.39 is 5.97 Å². The highest BCUT2D eigenvalue weighted by Gasteiger charge is 2.10. The van der Waals surface area contributed by atoms with Crippen LogP contribution in [-0.2, 0) is 0 Å². The molecule has 0 spiro atoms. The molecule has 3 rings (SSSR count). The molecule has 2 heterocycles. The summed E-state index contributed by atoms with van der Waals surface area (Å²) < 4.78 is 5.74. The smallest absolute Gasteiger partial charge is 0.337 e. The van der Waals surface area contributed by atoms with Gasteiger partial charge in [0.05, 0.1) is 11.3 Å². The van der Waals surface area contributed by atoms with E-state index in [2.05, 4.69) is 9.97 Å². The lowest BCUT2D eigenvalue weighted by molar-refractivity contribution is 0.0695. The molecule has 0 amide bonds. The molecule has 0 unspecified atom stereocenters. The summed E-state index contributed by atoms with van der Waals surface area (Å²) >= 11 is 0. The molecule has 0 saturated carbocycles. The number of fused-ring (bicyclic) bond motifs is 1. The first kappa shape index (κ1) is 13.1. The van der Waals surface area contributed by atoms with Gasteiger partial charge in [-0.2, -0.15) is 0 Å². The average molecular weight is 280 g/mol. The number of carbonyl (C=O) groups is 1. The number of ether oxygens (including phenoxy) is 1. The summed E-state index contributed by atoms with van der Waals surface area (Å²) in [6, 6.07) is 12.4. The van der Waals surface area contributed by atoms with Crippen LogP contribution in [0.1, 0.15) is 16.1 Å². The molecule has 0 aliphatic rings. The van der Waals surface area contributed by atoms with Gasteiger partial charge in [-0.05, 0) is 25.1 Å². The number of aromatic carboxylic acids is 1. The summed E-state index contributed by atoms with van der Waals surface area (Å²) in [5.41, 5.74) is 1.31. The van der Waals surface area contributed by atoms with E-state index in [1.54, 1.807) is 19.2 Å². The first-order chi connectivity index (χ1) is 10.1. The number of para-hydroxylation sites is 1. The predicted octanol–water partition coefficient (Wildman–Crippen LogP) is 3.43. The fraction of sp³-hybridized carbons (Fsp3) is 0.0625. The number of pyridine rings is 2. The maximum atomic E-state index is 11.0. The van der Waals surface area contributed by atoms with Crippen LogP contribution in [0.3, 0.4) is 0 Å². The van der Waals surface area contributed by atoms with E-state index in [-0.39, 0.29) is 5.56 Å². The molecule has 1 aromatic carbocycles. The average Bonchev–Trinajstić information content (AvgIpc) is 2.47. The Balaban J connectivity index is 1.99. The quantitative estimate of drug-likeness (QED) is 0.795. The highest BCUT2D eigenvalue weighted by Crippen LogP contribution is 2.27. The fourth-order valence-corrected chi connectivity index (χ4v) is 2.09. The van der Waals surface area contributed by atoms with Crippen molar-refractivity contribution in [3.8, 4) is 11.6 Å². The highest BCUT2D eigenvalue weighted by atomic mass is 16.5. The first-order valence-corrected chi connectivity index (χ1v) is 6.38. The van der Waals surface area contributed by atoms with Crippen LogP contribution in [0.15, 0.2) is 48.7 Å². The van der Waals surface area contributed by atoms with Crippen molar-refractivity contribution in [2.45, 2.75) is 6.92 Å². The van der Waals surface area contributed by atoms with Crippen molar-refractivity contribution in [1.29, 1.82) is 0 Å². The lowest BCUT2D eigenvalue weighted by Crippen LogP contribution is -2.02. The van der Waals surface area contributed by atoms with E-state index in [1.165, 1.54) is 12.1 Å². The molecule has 2 aromatic heterocycles. The van der Waals surface area contributed by atoms with Gasteiger partial charge >= 0.3 is 5.97 Å². The van der Waals surface area contributed by atoms with Gasteiger partial charge in [-0.3, -0.25) is 4.98 Å². The molecule has 1 N–H and O–H groups in total. The molecular weight excluding hydrogens is 268 g/mol. The van der Waals surface area contributed by atoms with Gasteiger partial charge in [0, 0.05) is 17.6 Å². The third kappa shape index (κ3) is 2.53. The van der Waals surface area contributed by atoms with E-state index in [0.29, 0.717) is 17.3 Å². The summed E-state index contributed by atoms with van der Waals surface area (Å²) in [5.74, 6) is -0.0721. The van der Waals surface area contributed by atoms with Gasteiger partial charge in [-0.25, -0.2) is 9.78 Å². The highest BCUT2D eigenvalue weighted by molar-refractivity contribution is 5.89. The predicted molar refractivity (Wildman–Crippen MR) is 77.8 cm³/mol.